The molecule has 0 N–H and O–H groups in total. The van der Waals surface area contributed by atoms with Gasteiger partial charge >= 0.3 is 0 Å². The molecule has 0 amide bonds. The highest BCUT2D eigenvalue weighted by Gasteiger charge is 2.20. The van der Waals surface area contributed by atoms with Crippen molar-refractivity contribution in [1.82, 2.24) is 0 Å². The predicted molar refractivity (Wildman–Crippen MR) is 108 cm³/mol. The molecule has 0 bridgehead atoms. The van der Waals surface area contributed by atoms with E-state index in [1.54, 1.807) is 0 Å². The molecule has 0 atom stereocenters. The second-order valence-corrected chi connectivity index (χ2v) is 7.34. The van der Waals surface area contributed by atoms with E-state index in [0.29, 0.717) is 11.0 Å². The summed E-state index contributed by atoms with van der Waals surface area (Å²) >= 11 is 0. The summed E-state index contributed by atoms with van der Waals surface area (Å²) in [6, 6.07) is 19.0. The molecule has 0 fully saturated rings. The highest BCUT2D eigenvalue weighted by molar-refractivity contribution is 8.93. The third-order valence-electron chi connectivity index (χ3n) is 4.45. The highest BCUT2D eigenvalue weighted by Crippen LogP contribution is 2.36. The normalized spacial score (nSPS) is 12.0. The molecule has 24 heavy (non-hydrogen) atoms. The third-order valence-corrected chi connectivity index (χ3v) is 4.45. The van der Waals surface area contributed by atoms with E-state index in [1.165, 1.54) is 26.9 Å². The van der Waals surface area contributed by atoms with Crippen molar-refractivity contribution in [3.8, 4) is 0 Å². The van der Waals surface area contributed by atoms with Crippen LogP contribution >= 0.6 is 17.0 Å². The maximum atomic E-state index is 12.8. The van der Waals surface area contributed by atoms with Crippen LogP contribution in [0.3, 0.4) is 0 Å². The first-order chi connectivity index (χ1) is 10.9. The van der Waals surface area contributed by atoms with Crippen molar-refractivity contribution < 1.29 is 9.28 Å². The molecular weight excluding hydrogens is 362 g/mol. The minimum absolute atomic E-state index is 0. The smallest absolute Gasteiger partial charge is 0.217 e. The maximum Gasteiger partial charge on any atom is 0.217 e. The van der Waals surface area contributed by atoms with Crippen LogP contribution in [-0.2, 0) is 0 Å². The first-order valence-corrected chi connectivity index (χ1v) is 7.94. The van der Waals surface area contributed by atoms with Crippen molar-refractivity contribution in [3.05, 3.63) is 60.2 Å². The fourth-order valence-corrected chi connectivity index (χ4v) is 3.49. The van der Waals surface area contributed by atoms with Crippen LogP contribution in [0.5, 0.6) is 0 Å². The fourth-order valence-electron chi connectivity index (χ4n) is 3.49. The molecule has 0 saturated carbocycles. The minimum Gasteiger partial charge on any atom is -0.324 e. The Bertz CT molecular complexity index is 1030. The van der Waals surface area contributed by atoms with Crippen LogP contribution in [0.4, 0.5) is 0 Å². The van der Waals surface area contributed by atoms with Gasteiger partial charge in [-0.2, -0.15) is 0 Å². The van der Waals surface area contributed by atoms with E-state index in [-0.39, 0.29) is 22.8 Å². The standard InChI is InChI=1S/C21H20NO.BrH/c1-22(2,3)13-19(23)17-11-9-16-8-7-14-5-4-6-15-10-12-18(17)21(16)20(14)15;/h4-12H,13H2,1-3H3;1H/q+1;. The molecular formula is C21H21BrNO+. The van der Waals surface area contributed by atoms with Gasteiger partial charge in [0.15, 0.2) is 0 Å². The predicted octanol–water partition coefficient (Wildman–Crippen LogP) is 5.05. The summed E-state index contributed by atoms with van der Waals surface area (Å²) in [6.45, 7) is 0.504. The van der Waals surface area contributed by atoms with Crippen molar-refractivity contribution in [2.45, 2.75) is 0 Å². The number of hydrogen-bond donors (Lipinski definition) is 0. The zero-order valence-electron chi connectivity index (χ0n) is 14.2. The Balaban J connectivity index is 0.00000169. The number of Topliss-reactive ketones (excluding diaryl/α,β-unsaturated/α-hetero) is 1. The molecule has 2 nitrogen and oxygen atoms in total. The summed E-state index contributed by atoms with van der Waals surface area (Å²) in [7, 11) is 6.15. The second kappa shape index (κ2) is 5.83. The Morgan fingerprint density at radius 2 is 1.33 bits per heavy atom. The summed E-state index contributed by atoms with van der Waals surface area (Å²) < 4.78 is 0.640. The number of likely N-dealkylation sites (N-methyl/N-ethyl adjacent to an activating group) is 1. The monoisotopic (exact) mass is 382 g/mol. The van der Waals surface area contributed by atoms with Crippen molar-refractivity contribution in [2.75, 3.05) is 27.7 Å². The zero-order valence-corrected chi connectivity index (χ0v) is 15.9. The number of quaternary nitrogens is 1. The summed E-state index contributed by atoms with van der Waals surface area (Å²) in [5.41, 5.74) is 0.837. The largest absolute Gasteiger partial charge is 0.324 e. The molecule has 3 heteroatoms. The van der Waals surface area contributed by atoms with Gasteiger partial charge in [-0.15, -0.1) is 17.0 Å². The average molecular weight is 383 g/mol. The van der Waals surface area contributed by atoms with E-state index in [1.807, 2.05) is 27.2 Å². The molecule has 0 aromatic heterocycles. The average Bonchev–Trinajstić information content (AvgIpc) is 2.50. The Hall–Kier alpha value is -1.97. The number of benzene rings is 4. The Labute approximate surface area is 152 Å². The van der Waals surface area contributed by atoms with Crippen LogP contribution < -0.4 is 0 Å². The van der Waals surface area contributed by atoms with Gasteiger partial charge in [-0.3, -0.25) is 4.79 Å². The van der Waals surface area contributed by atoms with E-state index in [2.05, 4.69) is 48.5 Å². The maximum absolute atomic E-state index is 12.8. The number of carbonyl (C=O) groups excluding carboxylic acids is 1. The van der Waals surface area contributed by atoms with Gasteiger partial charge in [0.2, 0.25) is 5.78 Å². The number of ketones is 1. The molecule has 0 heterocycles. The van der Waals surface area contributed by atoms with Gasteiger partial charge in [0, 0.05) is 5.56 Å². The van der Waals surface area contributed by atoms with E-state index in [9.17, 15) is 4.79 Å². The number of nitrogens with zero attached hydrogens (tertiary/aromatic N) is 1. The lowest BCUT2D eigenvalue weighted by Crippen LogP contribution is -2.39. The lowest BCUT2D eigenvalue weighted by molar-refractivity contribution is -0.861. The molecule has 0 aliphatic carbocycles. The minimum atomic E-state index is 0. The summed E-state index contributed by atoms with van der Waals surface area (Å²) in [4.78, 5) is 12.8. The van der Waals surface area contributed by atoms with E-state index < -0.39 is 0 Å². The van der Waals surface area contributed by atoms with Crippen LogP contribution in [-0.4, -0.2) is 38.0 Å². The van der Waals surface area contributed by atoms with E-state index in [4.69, 9.17) is 0 Å². The molecule has 4 aromatic rings. The molecule has 0 unspecified atom stereocenters. The van der Waals surface area contributed by atoms with Crippen LogP contribution in [0.15, 0.2) is 54.6 Å². The fraction of sp³-hybridized carbons (Fsp3) is 0.190. The van der Waals surface area contributed by atoms with Crippen molar-refractivity contribution in [1.29, 1.82) is 0 Å². The third kappa shape index (κ3) is 2.68. The Kier molecular flexibility index (Phi) is 4.10. The van der Waals surface area contributed by atoms with Gasteiger partial charge < -0.3 is 4.48 Å². The Morgan fingerprint density at radius 3 is 1.96 bits per heavy atom. The molecule has 0 saturated heterocycles. The van der Waals surface area contributed by atoms with Gasteiger partial charge in [0.25, 0.3) is 0 Å². The molecule has 0 aliphatic rings. The summed E-state index contributed by atoms with van der Waals surface area (Å²) in [5.74, 6) is 0.204. The van der Waals surface area contributed by atoms with Crippen molar-refractivity contribution in [3.63, 3.8) is 0 Å². The van der Waals surface area contributed by atoms with Gasteiger partial charge in [0.1, 0.15) is 6.54 Å². The van der Waals surface area contributed by atoms with E-state index >= 15 is 0 Å². The van der Waals surface area contributed by atoms with Gasteiger partial charge in [-0.1, -0.05) is 48.5 Å². The van der Waals surface area contributed by atoms with Crippen LogP contribution in [0, 0.1) is 0 Å². The first-order valence-electron chi connectivity index (χ1n) is 7.94. The molecule has 4 rings (SSSR count). The van der Waals surface area contributed by atoms with Crippen LogP contribution in [0.1, 0.15) is 10.4 Å². The lowest BCUT2D eigenvalue weighted by Gasteiger charge is -2.23. The van der Waals surface area contributed by atoms with Crippen molar-refractivity contribution in [2.24, 2.45) is 0 Å². The topological polar surface area (TPSA) is 17.1 Å². The number of rotatable bonds is 3. The zero-order chi connectivity index (χ0) is 16.2. The van der Waals surface area contributed by atoms with Crippen LogP contribution in [0.2, 0.25) is 0 Å². The molecule has 0 spiro atoms. The van der Waals surface area contributed by atoms with Gasteiger partial charge in [-0.25, -0.2) is 0 Å². The summed E-state index contributed by atoms with van der Waals surface area (Å²) in [6.07, 6.45) is 0. The molecule has 0 aliphatic heterocycles. The van der Waals surface area contributed by atoms with Crippen LogP contribution in [0.25, 0.3) is 32.3 Å². The quantitative estimate of drug-likeness (QED) is 0.275. The van der Waals surface area contributed by atoms with E-state index in [0.717, 1.165) is 10.9 Å². The number of halogens is 1. The highest BCUT2D eigenvalue weighted by atomic mass is 79.9. The van der Waals surface area contributed by atoms with Crippen molar-refractivity contribution >= 4 is 55.1 Å². The molecule has 0 radical (unpaired) electrons. The first kappa shape index (κ1) is 16.9. The van der Waals surface area contributed by atoms with Gasteiger partial charge in [-0.05, 0) is 38.4 Å². The molecule has 122 valence electrons. The number of carbonyl (C=O) groups is 1. The van der Waals surface area contributed by atoms with Gasteiger partial charge in [0.05, 0.1) is 21.1 Å². The molecule has 4 aromatic carbocycles. The number of hydrogen-bond acceptors (Lipinski definition) is 1. The lowest BCUT2D eigenvalue weighted by atomic mass is 9.91. The SMILES string of the molecule is Br.C[N+](C)(C)CC(=O)c1ccc2ccc3cccc4ccc1c2c34. The Morgan fingerprint density at radius 1 is 0.792 bits per heavy atom. The summed E-state index contributed by atoms with van der Waals surface area (Å²) in [5, 5.41) is 7.22. The second-order valence-electron chi connectivity index (χ2n) is 7.34.